The van der Waals surface area contributed by atoms with Crippen LogP contribution in [0.3, 0.4) is 0 Å². The van der Waals surface area contributed by atoms with Crippen molar-refractivity contribution in [2.24, 2.45) is 0 Å². The van der Waals surface area contributed by atoms with E-state index in [4.69, 9.17) is 4.74 Å². The number of anilines is 1. The van der Waals surface area contributed by atoms with E-state index >= 15 is 0 Å². The van der Waals surface area contributed by atoms with Gasteiger partial charge in [-0.1, -0.05) is 36.4 Å². The molecular formula is C17H16FNO2. The molecule has 0 aromatic heterocycles. The Balaban J connectivity index is 1.91. The summed E-state index contributed by atoms with van der Waals surface area (Å²) < 4.78 is 18.8. The largest absolute Gasteiger partial charge is 0.367 e. The molecule has 3 nitrogen and oxygen atoms in total. The molecule has 3 rings (SSSR count). The molecule has 108 valence electrons. The lowest BCUT2D eigenvalue weighted by atomic mass is 10.1. The molecule has 2 aromatic rings. The van der Waals surface area contributed by atoms with Crippen LogP contribution in [0.15, 0.2) is 48.5 Å². The van der Waals surface area contributed by atoms with E-state index < -0.39 is 6.10 Å². The highest BCUT2D eigenvalue weighted by Crippen LogP contribution is 2.32. The van der Waals surface area contributed by atoms with Crippen LogP contribution in [0, 0.1) is 5.82 Å². The van der Waals surface area contributed by atoms with Gasteiger partial charge in [0.2, 0.25) is 0 Å². The van der Waals surface area contributed by atoms with Gasteiger partial charge in [-0.3, -0.25) is 4.79 Å². The van der Waals surface area contributed by atoms with Crippen molar-refractivity contribution in [3.8, 4) is 0 Å². The van der Waals surface area contributed by atoms with Crippen LogP contribution in [-0.2, 0) is 16.0 Å². The van der Waals surface area contributed by atoms with Crippen LogP contribution in [0.2, 0.25) is 0 Å². The lowest BCUT2D eigenvalue weighted by Gasteiger charge is -2.23. The average Bonchev–Trinajstić information content (AvgIpc) is 2.92. The van der Waals surface area contributed by atoms with Crippen molar-refractivity contribution in [2.45, 2.75) is 12.5 Å². The van der Waals surface area contributed by atoms with E-state index in [-0.39, 0.29) is 11.7 Å². The van der Waals surface area contributed by atoms with Crippen molar-refractivity contribution in [2.75, 3.05) is 18.6 Å². The van der Waals surface area contributed by atoms with Gasteiger partial charge in [0, 0.05) is 19.3 Å². The molecule has 0 spiro atoms. The van der Waals surface area contributed by atoms with Crippen molar-refractivity contribution >= 4 is 11.6 Å². The van der Waals surface area contributed by atoms with Crippen LogP contribution in [0.1, 0.15) is 17.2 Å². The van der Waals surface area contributed by atoms with E-state index in [9.17, 15) is 9.18 Å². The highest BCUT2D eigenvalue weighted by atomic mass is 19.1. The minimum absolute atomic E-state index is 0.159. The molecule has 0 saturated carbocycles. The average molecular weight is 285 g/mol. The molecule has 1 aliphatic heterocycles. The van der Waals surface area contributed by atoms with Gasteiger partial charge in [0.15, 0.2) is 6.10 Å². The van der Waals surface area contributed by atoms with Gasteiger partial charge in [-0.25, -0.2) is 4.39 Å². The number of amides is 1. The van der Waals surface area contributed by atoms with Crippen molar-refractivity contribution in [3.05, 3.63) is 65.5 Å². The van der Waals surface area contributed by atoms with Crippen LogP contribution < -0.4 is 4.90 Å². The number of halogens is 1. The molecule has 1 amide bonds. The number of nitrogens with zero attached hydrogens (tertiary/aromatic N) is 1. The van der Waals surface area contributed by atoms with Crippen molar-refractivity contribution in [1.29, 1.82) is 0 Å². The number of hydrogen-bond donors (Lipinski definition) is 0. The van der Waals surface area contributed by atoms with E-state index in [1.54, 1.807) is 11.0 Å². The standard InChI is InChI=1S/C17H16FNO2/c1-21-16(13-5-3-2-4-6-13)17(20)19-10-9-12-7-8-14(18)11-15(12)19/h2-8,11,16H,9-10H2,1H3. The summed E-state index contributed by atoms with van der Waals surface area (Å²) in [5, 5.41) is 0. The van der Waals surface area contributed by atoms with Gasteiger partial charge < -0.3 is 9.64 Å². The van der Waals surface area contributed by atoms with E-state index in [2.05, 4.69) is 0 Å². The Labute approximate surface area is 123 Å². The number of fused-ring (bicyclic) bond motifs is 1. The van der Waals surface area contributed by atoms with Gasteiger partial charge in [0.25, 0.3) is 5.91 Å². The zero-order valence-corrected chi connectivity index (χ0v) is 11.8. The maximum Gasteiger partial charge on any atom is 0.260 e. The second-order valence-electron chi connectivity index (χ2n) is 5.04. The number of methoxy groups -OCH3 is 1. The predicted octanol–water partition coefficient (Wildman–Crippen LogP) is 3.10. The van der Waals surface area contributed by atoms with E-state index in [1.165, 1.54) is 19.2 Å². The molecule has 4 heteroatoms. The first-order valence-corrected chi connectivity index (χ1v) is 6.88. The molecule has 1 atom stereocenters. The number of hydrogen-bond acceptors (Lipinski definition) is 2. The molecule has 1 unspecified atom stereocenters. The summed E-state index contributed by atoms with van der Waals surface area (Å²) in [4.78, 5) is 14.3. The Kier molecular flexibility index (Phi) is 3.71. The zero-order valence-electron chi connectivity index (χ0n) is 11.8. The predicted molar refractivity (Wildman–Crippen MR) is 78.6 cm³/mol. The molecule has 0 saturated heterocycles. The Bertz CT molecular complexity index is 657. The monoisotopic (exact) mass is 285 g/mol. The molecule has 2 aromatic carbocycles. The number of benzene rings is 2. The Hall–Kier alpha value is -2.20. The normalized spacial score (nSPS) is 14.9. The number of ether oxygens (including phenoxy) is 1. The van der Waals surface area contributed by atoms with Crippen LogP contribution in [-0.4, -0.2) is 19.6 Å². The van der Waals surface area contributed by atoms with Gasteiger partial charge in [-0.05, 0) is 29.7 Å². The fourth-order valence-electron chi connectivity index (χ4n) is 2.73. The van der Waals surface area contributed by atoms with Gasteiger partial charge in [0.1, 0.15) is 5.82 Å². The highest BCUT2D eigenvalue weighted by molar-refractivity contribution is 5.99. The molecular weight excluding hydrogens is 269 g/mol. The lowest BCUT2D eigenvalue weighted by molar-refractivity contribution is -0.128. The second kappa shape index (κ2) is 5.66. The van der Waals surface area contributed by atoms with E-state index in [0.717, 1.165) is 17.5 Å². The fraction of sp³-hybridized carbons (Fsp3) is 0.235. The molecule has 0 N–H and O–H groups in total. The van der Waals surface area contributed by atoms with Crippen LogP contribution in [0.25, 0.3) is 0 Å². The highest BCUT2D eigenvalue weighted by Gasteiger charge is 2.31. The van der Waals surface area contributed by atoms with Crippen molar-refractivity contribution < 1.29 is 13.9 Å². The van der Waals surface area contributed by atoms with Gasteiger partial charge in [0.05, 0.1) is 0 Å². The third kappa shape index (κ3) is 2.54. The van der Waals surface area contributed by atoms with Gasteiger partial charge in [-0.15, -0.1) is 0 Å². The third-order valence-corrected chi connectivity index (χ3v) is 3.77. The zero-order chi connectivity index (χ0) is 14.8. The topological polar surface area (TPSA) is 29.5 Å². The molecule has 0 bridgehead atoms. The third-order valence-electron chi connectivity index (χ3n) is 3.77. The molecule has 0 fully saturated rings. The molecule has 1 heterocycles. The lowest BCUT2D eigenvalue weighted by Crippen LogP contribution is -2.34. The molecule has 0 aliphatic carbocycles. The molecule has 21 heavy (non-hydrogen) atoms. The Morgan fingerprint density at radius 2 is 2.00 bits per heavy atom. The smallest absolute Gasteiger partial charge is 0.260 e. The summed E-state index contributed by atoms with van der Waals surface area (Å²) in [5.74, 6) is -0.491. The number of carbonyl (C=O) groups excluding carboxylic acids is 1. The number of carbonyl (C=O) groups is 1. The quantitative estimate of drug-likeness (QED) is 0.867. The molecule has 1 aliphatic rings. The van der Waals surface area contributed by atoms with Crippen LogP contribution in [0.4, 0.5) is 10.1 Å². The SMILES string of the molecule is COC(C(=O)N1CCc2ccc(F)cc21)c1ccccc1. The first kappa shape index (κ1) is 13.8. The maximum atomic E-state index is 13.4. The Morgan fingerprint density at radius 3 is 2.71 bits per heavy atom. The van der Waals surface area contributed by atoms with Crippen molar-refractivity contribution in [3.63, 3.8) is 0 Å². The van der Waals surface area contributed by atoms with Crippen molar-refractivity contribution in [1.82, 2.24) is 0 Å². The minimum atomic E-state index is -0.666. The maximum absolute atomic E-state index is 13.4. The second-order valence-corrected chi connectivity index (χ2v) is 5.04. The van der Waals surface area contributed by atoms with Crippen LogP contribution in [0.5, 0.6) is 0 Å². The summed E-state index contributed by atoms with van der Waals surface area (Å²) in [6, 6.07) is 13.9. The summed E-state index contributed by atoms with van der Waals surface area (Å²) >= 11 is 0. The first-order valence-electron chi connectivity index (χ1n) is 6.88. The summed E-state index contributed by atoms with van der Waals surface area (Å²) in [7, 11) is 1.51. The van der Waals surface area contributed by atoms with Gasteiger partial charge >= 0.3 is 0 Å². The number of rotatable bonds is 3. The van der Waals surface area contributed by atoms with E-state index in [1.807, 2.05) is 30.3 Å². The summed E-state index contributed by atoms with van der Waals surface area (Å²) in [6.07, 6.45) is 0.0764. The van der Waals surface area contributed by atoms with E-state index in [0.29, 0.717) is 12.2 Å². The Morgan fingerprint density at radius 1 is 1.24 bits per heavy atom. The minimum Gasteiger partial charge on any atom is -0.367 e. The summed E-state index contributed by atoms with van der Waals surface area (Å²) in [5.41, 5.74) is 2.44. The first-order chi connectivity index (χ1) is 10.2. The van der Waals surface area contributed by atoms with Gasteiger partial charge in [-0.2, -0.15) is 0 Å². The van der Waals surface area contributed by atoms with Crippen LogP contribution >= 0.6 is 0 Å². The fourth-order valence-corrected chi connectivity index (χ4v) is 2.73. The summed E-state index contributed by atoms with van der Waals surface area (Å²) in [6.45, 7) is 0.560. The molecule has 0 radical (unpaired) electrons.